The Balaban J connectivity index is 0. The number of hydrogen-bond acceptors (Lipinski definition) is 2. The van der Waals surface area contributed by atoms with Gasteiger partial charge >= 0.3 is 0 Å². The molecule has 1 aromatic rings. The molecule has 1 aromatic carbocycles. The molecular formula is C14H27FN2. The van der Waals surface area contributed by atoms with E-state index in [1.165, 1.54) is 16.9 Å². The molecule has 0 atom stereocenters. The minimum Gasteiger partial charge on any atom is -0.386 e. The van der Waals surface area contributed by atoms with E-state index in [0.717, 1.165) is 13.0 Å². The SMILES string of the molecule is CC.CCNc1c(CC)cccc1NC.CF. The minimum absolute atomic E-state index is 0.500. The Bertz CT molecular complexity index is 253. The molecule has 0 aromatic heterocycles. The lowest BCUT2D eigenvalue weighted by Crippen LogP contribution is -2.04. The van der Waals surface area contributed by atoms with Gasteiger partial charge in [0.15, 0.2) is 0 Å². The summed E-state index contributed by atoms with van der Waals surface area (Å²) in [4.78, 5) is 0. The van der Waals surface area contributed by atoms with Crippen molar-refractivity contribution in [2.75, 3.05) is 31.4 Å². The maximum atomic E-state index is 9.50. The van der Waals surface area contributed by atoms with Gasteiger partial charge in [-0.25, -0.2) is 0 Å². The fraction of sp³-hybridized carbons (Fsp3) is 0.571. The van der Waals surface area contributed by atoms with Gasteiger partial charge in [-0.1, -0.05) is 32.9 Å². The molecule has 17 heavy (non-hydrogen) atoms. The van der Waals surface area contributed by atoms with Crippen molar-refractivity contribution in [3.8, 4) is 0 Å². The van der Waals surface area contributed by atoms with Gasteiger partial charge in [-0.3, -0.25) is 4.39 Å². The van der Waals surface area contributed by atoms with Gasteiger partial charge in [0.2, 0.25) is 0 Å². The highest BCUT2D eigenvalue weighted by atomic mass is 19.1. The molecule has 0 saturated carbocycles. The fourth-order valence-corrected chi connectivity index (χ4v) is 1.49. The average molecular weight is 242 g/mol. The summed E-state index contributed by atoms with van der Waals surface area (Å²) in [6.07, 6.45) is 1.07. The number of aryl methyl sites for hydroxylation is 1. The summed E-state index contributed by atoms with van der Waals surface area (Å²) in [7, 11) is 2.45. The van der Waals surface area contributed by atoms with E-state index in [0.29, 0.717) is 7.18 Å². The van der Waals surface area contributed by atoms with Crippen LogP contribution in [0.4, 0.5) is 15.8 Å². The van der Waals surface area contributed by atoms with Gasteiger partial charge in [-0.15, -0.1) is 0 Å². The topological polar surface area (TPSA) is 24.1 Å². The van der Waals surface area contributed by atoms with Gasteiger partial charge in [0.05, 0.1) is 18.6 Å². The second kappa shape index (κ2) is 12.8. The predicted octanol–water partition coefficient (Wildman–Crippen LogP) is 4.33. The Labute approximate surface area is 106 Å². The number of nitrogens with one attached hydrogen (secondary N) is 2. The summed E-state index contributed by atoms with van der Waals surface area (Å²) in [5, 5.41) is 6.58. The first kappa shape index (κ1) is 18.1. The molecule has 100 valence electrons. The van der Waals surface area contributed by atoms with Crippen LogP contribution in [0.5, 0.6) is 0 Å². The van der Waals surface area contributed by atoms with E-state index in [1.807, 2.05) is 20.9 Å². The van der Waals surface area contributed by atoms with Crippen molar-refractivity contribution in [3.05, 3.63) is 23.8 Å². The Morgan fingerprint density at radius 2 is 1.71 bits per heavy atom. The summed E-state index contributed by atoms with van der Waals surface area (Å²) >= 11 is 0. The van der Waals surface area contributed by atoms with E-state index in [1.54, 1.807) is 0 Å². The number of halogens is 1. The molecule has 2 nitrogen and oxygen atoms in total. The van der Waals surface area contributed by atoms with Crippen molar-refractivity contribution in [2.45, 2.75) is 34.1 Å². The van der Waals surface area contributed by atoms with Gasteiger partial charge in [0, 0.05) is 13.6 Å². The molecule has 0 fully saturated rings. The summed E-state index contributed by atoms with van der Waals surface area (Å²) in [6.45, 7) is 9.26. The van der Waals surface area contributed by atoms with Crippen LogP contribution in [-0.2, 0) is 6.42 Å². The van der Waals surface area contributed by atoms with Crippen LogP contribution >= 0.6 is 0 Å². The van der Waals surface area contributed by atoms with Crippen LogP contribution in [-0.4, -0.2) is 20.8 Å². The average Bonchev–Trinajstić information content (AvgIpc) is 2.44. The highest BCUT2D eigenvalue weighted by molar-refractivity contribution is 5.72. The largest absolute Gasteiger partial charge is 0.386 e. The molecule has 0 amide bonds. The highest BCUT2D eigenvalue weighted by Crippen LogP contribution is 2.25. The van der Waals surface area contributed by atoms with Crippen molar-refractivity contribution in [1.29, 1.82) is 0 Å². The third kappa shape index (κ3) is 6.15. The molecular weight excluding hydrogens is 215 g/mol. The lowest BCUT2D eigenvalue weighted by Gasteiger charge is -2.14. The maximum absolute atomic E-state index is 9.50. The number of para-hydroxylation sites is 1. The van der Waals surface area contributed by atoms with Crippen LogP contribution in [0.3, 0.4) is 0 Å². The molecule has 0 saturated heterocycles. The maximum Gasteiger partial charge on any atom is 0.0785 e. The van der Waals surface area contributed by atoms with Gasteiger partial charge in [0.25, 0.3) is 0 Å². The first-order valence-corrected chi connectivity index (χ1v) is 6.24. The van der Waals surface area contributed by atoms with E-state index >= 15 is 0 Å². The van der Waals surface area contributed by atoms with Crippen LogP contribution in [0.25, 0.3) is 0 Å². The number of rotatable bonds is 4. The van der Waals surface area contributed by atoms with Crippen molar-refractivity contribution in [2.24, 2.45) is 0 Å². The van der Waals surface area contributed by atoms with Crippen LogP contribution in [0.1, 0.15) is 33.3 Å². The first-order chi connectivity index (χ1) is 8.33. The quantitative estimate of drug-likeness (QED) is 0.821. The number of benzene rings is 1. The second-order valence-corrected chi connectivity index (χ2v) is 2.97. The zero-order valence-electron chi connectivity index (χ0n) is 12.0. The fourth-order valence-electron chi connectivity index (χ4n) is 1.49. The van der Waals surface area contributed by atoms with Crippen molar-refractivity contribution < 1.29 is 4.39 Å². The van der Waals surface area contributed by atoms with Crippen molar-refractivity contribution >= 4 is 11.4 Å². The van der Waals surface area contributed by atoms with E-state index in [9.17, 15) is 4.39 Å². The third-order valence-electron chi connectivity index (χ3n) is 2.15. The van der Waals surface area contributed by atoms with Crippen LogP contribution in [0.15, 0.2) is 18.2 Å². The van der Waals surface area contributed by atoms with Crippen LogP contribution in [0.2, 0.25) is 0 Å². The normalized spacial score (nSPS) is 8.18. The molecule has 0 bridgehead atoms. The van der Waals surface area contributed by atoms with Gasteiger partial charge < -0.3 is 10.6 Å². The Kier molecular flexibility index (Phi) is 13.7. The Morgan fingerprint density at radius 1 is 1.12 bits per heavy atom. The number of hydrogen-bond donors (Lipinski definition) is 2. The van der Waals surface area contributed by atoms with E-state index in [4.69, 9.17) is 0 Å². The third-order valence-corrected chi connectivity index (χ3v) is 2.15. The molecule has 0 heterocycles. The first-order valence-electron chi connectivity index (χ1n) is 6.24. The molecule has 0 unspecified atom stereocenters. The Morgan fingerprint density at radius 3 is 2.12 bits per heavy atom. The zero-order valence-corrected chi connectivity index (χ0v) is 12.0. The van der Waals surface area contributed by atoms with Gasteiger partial charge in [-0.2, -0.15) is 0 Å². The number of anilines is 2. The summed E-state index contributed by atoms with van der Waals surface area (Å²) in [6, 6.07) is 6.35. The van der Waals surface area contributed by atoms with E-state index in [2.05, 4.69) is 42.7 Å². The molecule has 0 aliphatic heterocycles. The second-order valence-electron chi connectivity index (χ2n) is 2.97. The molecule has 3 heteroatoms. The summed E-state index contributed by atoms with van der Waals surface area (Å²) in [5.74, 6) is 0. The Hall–Kier alpha value is -1.25. The molecule has 2 N–H and O–H groups in total. The summed E-state index contributed by atoms with van der Waals surface area (Å²) < 4.78 is 9.50. The smallest absolute Gasteiger partial charge is 0.0785 e. The molecule has 0 spiro atoms. The lowest BCUT2D eigenvalue weighted by atomic mass is 10.1. The highest BCUT2D eigenvalue weighted by Gasteiger charge is 2.03. The molecule has 0 aliphatic carbocycles. The lowest BCUT2D eigenvalue weighted by molar-refractivity contribution is 0.636. The van der Waals surface area contributed by atoms with Crippen LogP contribution in [0, 0.1) is 0 Å². The van der Waals surface area contributed by atoms with Crippen LogP contribution < -0.4 is 10.6 Å². The van der Waals surface area contributed by atoms with Gasteiger partial charge in [0.1, 0.15) is 0 Å². The van der Waals surface area contributed by atoms with E-state index < -0.39 is 0 Å². The van der Waals surface area contributed by atoms with Gasteiger partial charge in [-0.05, 0) is 25.0 Å². The molecule has 0 aliphatic rings. The number of alkyl halides is 1. The standard InChI is InChI=1S/C11H18N2.C2H6.CH3F/c1-4-9-7-6-8-10(12-3)11(9)13-5-2;2*1-2/h6-8,12-13H,4-5H2,1-3H3;1-2H3;1H3. The molecule has 0 radical (unpaired) electrons. The van der Waals surface area contributed by atoms with Crippen molar-refractivity contribution in [1.82, 2.24) is 0 Å². The minimum atomic E-state index is 0.500. The summed E-state index contributed by atoms with van der Waals surface area (Å²) in [5.41, 5.74) is 3.80. The van der Waals surface area contributed by atoms with Crippen molar-refractivity contribution in [3.63, 3.8) is 0 Å². The zero-order chi connectivity index (χ0) is 13.7. The predicted molar refractivity (Wildman–Crippen MR) is 77.9 cm³/mol. The molecule has 1 rings (SSSR count). The monoisotopic (exact) mass is 242 g/mol. The van der Waals surface area contributed by atoms with E-state index in [-0.39, 0.29) is 0 Å².